The lowest BCUT2D eigenvalue weighted by molar-refractivity contribution is -0.150. The summed E-state index contributed by atoms with van der Waals surface area (Å²) in [6.07, 6.45) is 40.5. The van der Waals surface area contributed by atoms with Gasteiger partial charge >= 0.3 is 11.9 Å². The first-order chi connectivity index (χ1) is 27.5. The zero-order valence-corrected chi connectivity index (χ0v) is 36.8. The second kappa shape index (κ2) is 39.6. The molecule has 0 spiro atoms. The van der Waals surface area contributed by atoms with Crippen molar-refractivity contribution in [2.24, 2.45) is 0 Å². The van der Waals surface area contributed by atoms with Gasteiger partial charge in [-0.3, -0.25) is 14.3 Å². The third-order valence-electron chi connectivity index (χ3n) is 10.8. The molecule has 1 aromatic heterocycles. The van der Waals surface area contributed by atoms with Crippen LogP contribution < -0.4 is 0 Å². The number of aliphatic hydroxyl groups is 1. The van der Waals surface area contributed by atoms with Crippen molar-refractivity contribution in [1.29, 1.82) is 0 Å². The number of carbonyl (C=O) groups is 2. The number of hydrogen-bond acceptors (Lipinski definition) is 8. The Labute approximate surface area is 344 Å². The Morgan fingerprint density at radius 3 is 1.80 bits per heavy atom. The van der Waals surface area contributed by atoms with E-state index in [4.69, 9.17) is 9.47 Å². The van der Waals surface area contributed by atoms with Crippen molar-refractivity contribution >= 4 is 11.9 Å². The van der Waals surface area contributed by atoms with E-state index in [2.05, 4.69) is 48.1 Å². The monoisotopic (exact) mass is 789 g/mol. The van der Waals surface area contributed by atoms with Crippen molar-refractivity contribution in [2.75, 3.05) is 32.8 Å². The topological polar surface area (TPSA) is 107 Å². The fourth-order valence-electron chi connectivity index (χ4n) is 7.19. The van der Waals surface area contributed by atoms with Gasteiger partial charge in [0, 0.05) is 38.6 Å². The molecule has 9 heteroatoms. The Hall–Kier alpha value is -2.26. The molecule has 1 N–H and O–H groups in total. The molecule has 1 rings (SSSR count). The molecule has 1 heterocycles. The van der Waals surface area contributed by atoms with Gasteiger partial charge in [-0.25, -0.2) is 0 Å². The first-order valence-corrected chi connectivity index (χ1v) is 23.7. The van der Waals surface area contributed by atoms with Crippen LogP contribution in [-0.4, -0.2) is 75.9 Å². The van der Waals surface area contributed by atoms with E-state index in [1.165, 1.54) is 96.3 Å². The molecule has 56 heavy (non-hydrogen) atoms. The summed E-state index contributed by atoms with van der Waals surface area (Å²) < 4.78 is 13.4. The molecule has 0 aliphatic carbocycles. The van der Waals surface area contributed by atoms with Crippen LogP contribution in [0.5, 0.6) is 0 Å². The Morgan fingerprint density at radius 1 is 0.661 bits per heavy atom. The summed E-state index contributed by atoms with van der Waals surface area (Å²) >= 11 is 0. The van der Waals surface area contributed by atoms with E-state index < -0.39 is 0 Å². The third-order valence-corrected chi connectivity index (χ3v) is 10.8. The number of aromatic nitrogens is 3. The number of hydrogen-bond donors (Lipinski definition) is 1. The Kier molecular flexibility index (Phi) is 36.6. The van der Waals surface area contributed by atoms with Gasteiger partial charge in [-0.05, 0) is 90.1 Å². The van der Waals surface area contributed by atoms with E-state index in [9.17, 15) is 14.7 Å². The molecule has 0 fully saturated rings. The second-order valence-corrected chi connectivity index (χ2v) is 16.2. The van der Waals surface area contributed by atoms with Crippen molar-refractivity contribution in [1.82, 2.24) is 19.9 Å². The minimum absolute atomic E-state index is 0.00239. The molecule has 0 amide bonds. The molecule has 0 aromatic carbocycles. The van der Waals surface area contributed by atoms with Gasteiger partial charge in [-0.2, -0.15) is 0 Å². The zero-order chi connectivity index (χ0) is 40.6. The van der Waals surface area contributed by atoms with Gasteiger partial charge in [-0.1, -0.05) is 141 Å². The number of rotatable bonds is 42. The third kappa shape index (κ3) is 32.8. The molecule has 9 nitrogen and oxygen atoms in total. The number of ether oxygens (including phenoxy) is 2. The van der Waals surface area contributed by atoms with Crippen LogP contribution in [0.2, 0.25) is 0 Å². The lowest BCUT2D eigenvalue weighted by Gasteiger charge is -2.22. The molecular formula is C47H88N4O5. The van der Waals surface area contributed by atoms with Gasteiger partial charge in [0.25, 0.3) is 0 Å². The van der Waals surface area contributed by atoms with Gasteiger partial charge in [0.2, 0.25) is 0 Å². The highest BCUT2D eigenvalue weighted by Gasteiger charge is 2.15. The number of nitrogens with zero attached hydrogens (tertiary/aromatic N) is 4. The molecule has 0 saturated carbocycles. The van der Waals surface area contributed by atoms with E-state index in [1.807, 2.05) is 10.9 Å². The summed E-state index contributed by atoms with van der Waals surface area (Å²) in [5.74, 6) is -0.0735. The molecule has 0 radical (unpaired) electrons. The Morgan fingerprint density at radius 2 is 1.18 bits per heavy atom. The van der Waals surface area contributed by atoms with Gasteiger partial charge in [0.15, 0.2) is 0 Å². The average molecular weight is 789 g/mol. The Bertz CT molecular complexity index is 1030. The van der Waals surface area contributed by atoms with Crippen molar-refractivity contribution in [3.05, 3.63) is 24.0 Å². The lowest BCUT2D eigenvalue weighted by atomic mass is 10.0. The minimum Gasteiger partial charge on any atom is -0.466 e. The van der Waals surface area contributed by atoms with Gasteiger partial charge in [0.05, 0.1) is 18.8 Å². The van der Waals surface area contributed by atoms with Crippen molar-refractivity contribution in [2.45, 2.75) is 232 Å². The van der Waals surface area contributed by atoms with E-state index in [1.54, 1.807) is 0 Å². The maximum absolute atomic E-state index is 12.8. The molecule has 0 bridgehead atoms. The van der Waals surface area contributed by atoms with Gasteiger partial charge in [0.1, 0.15) is 6.10 Å². The van der Waals surface area contributed by atoms with E-state index in [0.29, 0.717) is 25.9 Å². The quantitative estimate of drug-likeness (QED) is 0.0396. The van der Waals surface area contributed by atoms with E-state index >= 15 is 0 Å². The zero-order valence-electron chi connectivity index (χ0n) is 36.8. The molecule has 0 saturated heterocycles. The van der Waals surface area contributed by atoms with Gasteiger partial charge in [-0.15, -0.1) is 5.10 Å². The fraction of sp³-hybridized carbons (Fsp3) is 0.872. The fourth-order valence-corrected chi connectivity index (χ4v) is 7.19. The first-order valence-electron chi connectivity index (χ1n) is 23.7. The van der Waals surface area contributed by atoms with Crippen LogP contribution in [0.15, 0.2) is 18.3 Å². The second-order valence-electron chi connectivity index (χ2n) is 16.2. The first kappa shape index (κ1) is 51.8. The molecular weight excluding hydrogens is 701 g/mol. The number of unbranched alkanes of at least 4 members (excludes halogenated alkanes) is 20. The van der Waals surface area contributed by atoms with Crippen LogP contribution in [0.25, 0.3) is 0 Å². The number of esters is 2. The largest absolute Gasteiger partial charge is 0.466 e. The molecule has 0 aliphatic rings. The van der Waals surface area contributed by atoms with Crippen LogP contribution >= 0.6 is 0 Å². The standard InChI is InChI=1S/C47H88N4O5/c1-4-7-10-13-16-17-23-31-42-55-46(53)34-28-24-30-38-50(39-40-51-43-44(36-41-52)48-49-51)37-29-22-18-21-27-35-47(54)56-45(32-25-19-14-11-8-5-2)33-26-20-15-12-9-6-3/h16-17,43,45,52H,4-15,18-42H2,1-3H3/b17-16-. The summed E-state index contributed by atoms with van der Waals surface area (Å²) in [5, 5.41) is 17.7. The van der Waals surface area contributed by atoms with Crippen LogP contribution in [0.1, 0.15) is 219 Å². The molecule has 0 unspecified atom stereocenters. The van der Waals surface area contributed by atoms with E-state index in [0.717, 1.165) is 115 Å². The predicted molar refractivity (Wildman–Crippen MR) is 233 cm³/mol. The molecule has 326 valence electrons. The van der Waals surface area contributed by atoms with E-state index in [-0.39, 0.29) is 24.6 Å². The van der Waals surface area contributed by atoms with Crippen molar-refractivity contribution in [3.63, 3.8) is 0 Å². The summed E-state index contributed by atoms with van der Waals surface area (Å²) in [4.78, 5) is 27.6. The average Bonchev–Trinajstić information content (AvgIpc) is 3.65. The highest BCUT2D eigenvalue weighted by molar-refractivity contribution is 5.69. The maximum Gasteiger partial charge on any atom is 0.306 e. The van der Waals surface area contributed by atoms with Crippen molar-refractivity contribution < 1.29 is 24.2 Å². The number of aliphatic hydroxyl groups excluding tert-OH is 1. The summed E-state index contributed by atoms with van der Waals surface area (Å²) in [7, 11) is 0. The summed E-state index contributed by atoms with van der Waals surface area (Å²) in [6, 6.07) is 0. The van der Waals surface area contributed by atoms with Crippen LogP contribution in [0.4, 0.5) is 0 Å². The van der Waals surface area contributed by atoms with Crippen LogP contribution in [0.3, 0.4) is 0 Å². The predicted octanol–water partition coefficient (Wildman–Crippen LogP) is 11.9. The normalized spacial score (nSPS) is 11.8. The maximum atomic E-state index is 12.8. The highest BCUT2D eigenvalue weighted by Crippen LogP contribution is 2.18. The molecule has 0 atom stereocenters. The molecule has 1 aromatic rings. The number of allylic oxidation sites excluding steroid dienone is 2. The highest BCUT2D eigenvalue weighted by atomic mass is 16.5. The van der Waals surface area contributed by atoms with Crippen LogP contribution in [0, 0.1) is 0 Å². The lowest BCUT2D eigenvalue weighted by Crippen LogP contribution is -2.30. The SMILES string of the molecule is CCCCC/C=C\CCCOC(=O)CCCCCN(CCCCCCCC(=O)OC(CCCCCCCC)CCCCCCCC)CCn1cc(CCO)nn1. The van der Waals surface area contributed by atoms with Crippen molar-refractivity contribution in [3.8, 4) is 0 Å². The summed E-state index contributed by atoms with van der Waals surface area (Å²) in [6.45, 7) is 11.0. The van der Waals surface area contributed by atoms with Gasteiger partial charge < -0.3 is 19.5 Å². The smallest absolute Gasteiger partial charge is 0.306 e. The number of carbonyl (C=O) groups excluding carboxylic acids is 2. The minimum atomic E-state index is -0.0759. The Balaban J connectivity index is 2.36. The molecule has 0 aliphatic heterocycles. The summed E-state index contributed by atoms with van der Waals surface area (Å²) in [5.41, 5.74) is 0.819. The van der Waals surface area contributed by atoms with Crippen LogP contribution in [-0.2, 0) is 32.0 Å².